The van der Waals surface area contributed by atoms with Gasteiger partial charge in [0.05, 0.1) is 5.69 Å². The molecule has 2 aromatic heterocycles. The second-order valence-electron chi connectivity index (χ2n) is 3.54. The van der Waals surface area contributed by atoms with Gasteiger partial charge < -0.3 is 4.57 Å². The van der Waals surface area contributed by atoms with Crippen LogP contribution < -0.4 is 0 Å². The molecule has 2 rings (SSSR count). The Balaban J connectivity index is 2.30. The lowest BCUT2D eigenvalue weighted by Gasteiger charge is -2.06. The fourth-order valence-electron chi connectivity index (χ4n) is 1.59. The van der Waals surface area contributed by atoms with E-state index in [1.54, 1.807) is 6.20 Å². The normalized spacial score (nSPS) is 10.7. The van der Waals surface area contributed by atoms with Crippen LogP contribution in [0.4, 0.5) is 0 Å². The summed E-state index contributed by atoms with van der Waals surface area (Å²) in [4.78, 5) is 12.5. The second kappa shape index (κ2) is 4.61. The van der Waals surface area contributed by atoms with Crippen LogP contribution in [0.25, 0.3) is 0 Å². The first-order valence-corrected chi connectivity index (χ1v) is 5.56. The molecule has 0 aliphatic heterocycles. The molecule has 0 bridgehead atoms. The van der Waals surface area contributed by atoms with Crippen molar-refractivity contribution >= 4 is 11.6 Å². The lowest BCUT2D eigenvalue weighted by molar-refractivity contribution is 0.706. The number of imidazole rings is 1. The monoisotopic (exact) mass is 236 g/mol. The van der Waals surface area contributed by atoms with Gasteiger partial charge in [-0.05, 0) is 13.8 Å². The molecular weight excluding hydrogens is 224 g/mol. The molecule has 0 fully saturated rings. The number of nitrogens with zero attached hydrogens (tertiary/aromatic N) is 4. The van der Waals surface area contributed by atoms with Crippen LogP contribution in [0.15, 0.2) is 18.7 Å². The molecule has 0 atom stereocenters. The molecule has 0 aromatic carbocycles. The van der Waals surface area contributed by atoms with E-state index in [1.165, 1.54) is 6.33 Å². The van der Waals surface area contributed by atoms with E-state index in [4.69, 9.17) is 11.6 Å². The third-order valence-electron chi connectivity index (χ3n) is 2.59. The van der Waals surface area contributed by atoms with Crippen molar-refractivity contribution in [1.82, 2.24) is 19.5 Å². The van der Waals surface area contributed by atoms with Crippen molar-refractivity contribution in [1.29, 1.82) is 0 Å². The Hall–Kier alpha value is -1.42. The van der Waals surface area contributed by atoms with Gasteiger partial charge in [0.15, 0.2) is 0 Å². The molecule has 0 saturated heterocycles. The maximum absolute atomic E-state index is 5.95. The minimum atomic E-state index is 0.514. The van der Waals surface area contributed by atoms with Gasteiger partial charge in [-0.15, -0.1) is 0 Å². The molecule has 4 nitrogen and oxygen atoms in total. The summed E-state index contributed by atoms with van der Waals surface area (Å²) in [6.07, 6.45) is 5.95. The average Bonchev–Trinajstić information content (AvgIpc) is 2.72. The summed E-state index contributed by atoms with van der Waals surface area (Å²) in [6.45, 7) is 4.93. The van der Waals surface area contributed by atoms with Crippen LogP contribution in [0.3, 0.4) is 0 Å². The molecular formula is C11H13ClN4. The standard InChI is InChI=1S/C11H13ClN4/c1-3-16-5-4-13-10(16)6-9-8(2)11(12)15-7-14-9/h4-5,7H,3,6H2,1-2H3. The maximum Gasteiger partial charge on any atom is 0.135 e. The van der Waals surface area contributed by atoms with Crippen molar-refractivity contribution in [3.8, 4) is 0 Å². The van der Waals surface area contributed by atoms with E-state index in [0.29, 0.717) is 11.6 Å². The highest BCUT2D eigenvalue weighted by Gasteiger charge is 2.09. The fraction of sp³-hybridized carbons (Fsp3) is 0.364. The van der Waals surface area contributed by atoms with Crippen LogP contribution >= 0.6 is 11.6 Å². The molecule has 5 heteroatoms. The molecule has 0 aliphatic carbocycles. The molecule has 0 saturated carbocycles. The maximum atomic E-state index is 5.95. The van der Waals surface area contributed by atoms with Crippen molar-refractivity contribution in [3.05, 3.63) is 41.0 Å². The fourth-order valence-corrected chi connectivity index (χ4v) is 1.74. The van der Waals surface area contributed by atoms with Gasteiger partial charge >= 0.3 is 0 Å². The first kappa shape index (κ1) is 11.1. The number of hydrogen-bond acceptors (Lipinski definition) is 3. The quantitative estimate of drug-likeness (QED) is 0.768. The Morgan fingerprint density at radius 3 is 2.88 bits per heavy atom. The molecule has 0 unspecified atom stereocenters. The van der Waals surface area contributed by atoms with Gasteiger partial charge in [0.25, 0.3) is 0 Å². The van der Waals surface area contributed by atoms with Gasteiger partial charge in [0.1, 0.15) is 17.3 Å². The van der Waals surface area contributed by atoms with E-state index in [1.807, 2.05) is 13.1 Å². The number of rotatable bonds is 3. The Bertz CT molecular complexity index is 492. The highest BCUT2D eigenvalue weighted by molar-refractivity contribution is 6.30. The zero-order valence-corrected chi connectivity index (χ0v) is 10.1. The molecule has 0 radical (unpaired) electrons. The number of aromatic nitrogens is 4. The molecule has 0 spiro atoms. The molecule has 16 heavy (non-hydrogen) atoms. The van der Waals surface area contributed by atoms with Crippen LogP contribution in [0.2, 0.25) is 5.15 Å². The number of halogens is 1. The molecule has 2 aromatic rings. The van der Waals surface area contributed by atoms with Gasteiger partial charge in [-0.1, -0.05) is 11.6 Å². The highest BCUT2D eigenvalue weighted by Crippen LogP contribution is 2.16. The summed E-state index contributed by atoms with van der Waals surface area (Å²) in [5, 5.41) is 0.514. The lowest BCUT2D eigenvalue weighted by Crippen LogP contribution is -2.05. The van der Waals surface area contributed by atoms with Crippen LogP contribution in [-0.2, 0) is 13.0 Å². The van der Waals surface area contributed by atoms with Gasteiger partial charge in [-0.3, -0.25) is 0 Å². The molecule has 2 heterocycles. The van der Waals surface area contributed by atoms with Crippen molar-refractivity contribution in [2.45, 2.75) is 26.8 Å². The molecule has 0 aliphatic rings. The lowest BCUT2D eigenvalue weighted by atomic mass is 10.2. The van der Waals surface area contributed by atoms with Crippen LogP contribution in [-0.4, -0.2) is 19.5 Å². The first-order valence-electron chi connectivity index (χ1n) is 5.18. The second-order valence-corrected chi connectivity index (χ2v) is 3.90. The van der Waals surface area contributed by atoms with Crippen LogP contribution in [0, 0.1) is 6.92 Å². The van der Waals surface area contributed by atoms with Gasteiger partial charge in [0, 0.05) is 30.9 Å². The molecule has 0 N–H and O–H groups in total. The van der Waals surface area contributed by atoms with E-state index in [2.05, 4.69) is 26.4 Å². The largest absolute Gasteiger partial charge is 0.335 e. The number of aryl methyl sites for hydroxylation is 1. The topological polar surface area (TPSA) is 43.6 Å². The van der Waals surface area contributed by atoms with Gasteiger partial charge in [-0.25, -0.2) is 15.0 Å². The van der Waals surface area contributed by atoms with Crippen LogP contribution in [0.5, 0.6) is 0 Å². The minimum Gasteiger partial charge on any atom is -0.335 e. The van der Waals surface area contributed by atoms with Crippen molar-refractivity contribution < 1.29 is 0 Å². The zero-order chi connectivity index (χ0) is 11.5. The van der Waals surface area contributed by atoms with E-state index in [9.17, 15) is 0 Å². The smallest absolute Gasteiger partial charge is 0.135 e. The van der Waals surface area contributed by atoms with Crippen molar-refractivity contribution in [3.63, 3.8) is 0 Å². The minimum absolute atomic E-state index is 0.514. The summed E-state index contributed by atoms with van der Waals surface area (Å²) < 4.78 is 2.09. The third kappa shape index (κ3) is 2.07. The highest BCUT2D eigenvalue weighted by atomic mass is 35.5. The van der Waals surface area contributed by atoms with E-state index in [-0.39, 0.29) is 0 Å². The predicted molar refractivity (Wildman–Crippen MR) is 62.5 cm³/mol. The van der Waals surface area contributed by atoms with E-state index >= 15 is 0 Å². The SMILES string of the molecule is CCn1ccnc1Cc1ncnc(Cl)c1C. The predicted octanol–water partition coefficient (Wildman–Crippen LogP) is 2.25. The van der Waals surface area contributed by atoms with Crippen LogP contribution in [0.1, 0.15) is 24.0 Å². The van der Waals surface area contributed by atoms with E-state index in [0.717, 1.165) is 23.6 Å². The summed E-state index contributed by atoms with van der Waals surface area (Å²) in [6, 6.07) is 0. The summed E-state index contributed by atoms with van der Waals surface area (Å²) in [5.74, 6) is 1.00. The first-order chi connectivity index (χ1) is 7.72. The van der Waals surface area contributed by atoms with Crippen molar-refractivity contribution in [2.75, 3.05) is 0 Å². The summed E-state index contributed by atoms with van der Waals surface area (Å²) in [7, 11) is 0. The van der Waals surface area contributed by atoms with E-state index < -0.39 is 0 Å². The van der Waals surface area contributed by atoms with Gasteiger partial charge in [-0.2, -0.15) is 0 Å². The summed E-state index contributed by atoms with van der Waals surface area (Å²) in [5.41, 5.74) is 1.86. The molecule has 84 valence electrons. The number of hydrogen-bond donors (Lipinski definition) is 0. The third-order valence-corrected chi connectivity index (χ3v) is 2.98. The Kier molecular flexibility index (Phi) is 3.19. The average molecular weight is 237 g/mol. The molecule has 0 amide bonds. The summed E-state index contributed by atoms with van der Waals surface area (Å²) >= 11 is 5.95. The van der Waals surface area contributed by atoms with Crippen molar-refractivity contribution in [2.24, 2.45) is 0 Å². The Morgan fingerprint density at radius 2 is 2.12 bits per heavy atom. The Labute approximate surface area is 99.3 Å². The van der Waals surface area contributed by atoms with Gasteiger partial charge in [0.2, 0.25) is 0 Å². The zero-order valence-electron chi connectivity index (χ0n) is 9.31. The Morgan fingerprint density at radius 1 is 1.31 bits per heavy atom.